The van der Waals surface area contributed by atoms with Crippen LogP contribution in [-0.2, 0) is 4.79 Å². The zero-order chi connectivity index (χ0) is 11.8. The lowest BCUT2D eigenvalue weighted by atomic mass is 10.2. The molecule has 0 aromatic rings. The Morgan fingerprint density at radius 1 is 1.47 bits per heavy atom. The molecule has 5 heteroatoms. The van der Waals surface area contributed by atoms with Gasteiger partial charge in [-0.3, -0.25) is 9.69 Å². The number of nitrogens with zero attached hydrogens (tertiary/aromatic N) is 1. The minimum Gasteiger partial charge on any atom is -0.392 e. The van der Waals surface area contributed by atoms with Gasteiger partial charge >= 0.3 is 0 Å². The predicted octanol–water partition coefficient (Wildman–Crippen LogP) is 0.509. The van der Waals surface area contributed by atoms with Crippen LogP contribution in [0.5, 0.6) is 0 Å². The summed E-state index contributed by atoms with van der Waals surface area (Å²) in [5.41, 5.74) is 5.63. The molecule has 4 nitrogen and oxygen atoms in total. The SMILES string of the molecule is CCNC(=O)CN(CC)C(CC)C(N)=S. The first-order chi connectivity index (χ1) is 7.06. The second-order valence-corrected chi connectivity index (χ2v) is 3.81. The summed E-state index contributed by atoms with van der Waals surface area (Å²) in [6.45, 7) is 7.71. The Labute approximate surface area is 97.2 Å². The van der Waals surface area contributed by atoms with Crippen molar-refractivity contribution in [1.82, 2.24) is 10.2 Å². The van der Waals surface area contributed by atoms with Crippen molar-refractivity contribution in [2.45, 2.75) is 33.2 Å². The van der Waals surface area contributed by atoms with Crippen LogP contribution in [-0.4, -0.2) is 41.5 Å². The van der Waals surface area contributed by atoms with Gasteiger partial charge in [-0.05, 0) is 19.9 Å². The van der Waals surface area contributed by atoms with Gasteiger partial charge in [-0.2, -0.15) is 0 Å². The summed E-state index contributed by atoms with van der Waals surface area (Å²) in [6, 6.07) is 0.0209. The van der Waals surface area contributed by atoms with Gasteiger partial charge < -0.3 is 11.1 Å². The molecule has 0 radical (unpaired) electrons. The van der Waals surface area contributed by atoms with Crippen molar-refractivity contribution in [3.63, 3.8) is 0 Å². The topological polar surface area (TPSA) is 58.4 Å². The van der Waals surface area contributed by atoms with E-state index >= 15 is 0 Å². The maximum atomic E-state index is 11.4. The van der Waals surface area contributed by atoms with E-state index < -0.39 is 0 Å². The highest BCUT2D eigenvalue weighted by molar-refractivity contribution is 7.80. The molecule has 0 saturated heterocycles. The average Bonchev–Trinajstić information content (AvgIpc) is 2.17. The fraction of sp³-hybridized carbons (Fsp3) is 0.800. The maximum Gasteiger partial charge on any atom is 0.234 e. The van der Waals surface area contributed by atoms with Gasteiger partial charge in [0.25, 0.3) is 0 Å². The van der Waals surface area contributed by atoms with E-state index in [0.717, 1.165) is 13.0 Å². The highest BCUT2D eigenvalue weighted by Crippen LogP contribution is 2.04. The molecular formula is C10H21N3OS. The van der Waals surface area contributed by atoms with E-state index in [-0.39, 0.29) is 11.9 Å². The number of nitrogens with one attached hydrogen (secondary N) is 1. The molecule has 15 heavy (non-hydrogen) atoms. The van der Waals surface area contributed by atoms with Gasteiger partial charge in [0, 0.05) is 6.54 Å². The van der Waals surface area contributed by atoms with Crippen LogP contribution < -0.4 is 11.1 Å². The van der Waals surface area contributed by atoms with Crippen molar-refractivity contribution in [1.29, 1.82) is 0 Å². The van der Waals surface area contributed by atoms with Gasteiger partial charge in [0.05, 0.1) is 17.6 Å². The number of likely N-dealkylation sites (N-methyl/N-ethyl adjacent to an activating group) is 2. The van der Waals surface area contributed by atoms with Crippen LogP contribution >= 0.6 is 12.2 Å². The van der Waals surface area contributed by atoms with Crippen LogP contribution in [0.25, 0.3) is 0 Å². The Hall–Kier alpha value is -0.680. The minimum absolute atomic E-state index is 0.0209. The second kappa shape index (κ2) is 7.59. The van der Waals surface area contributed by atoms with Crippen molar-refractivity contribution in [2.75, 3.05) is 19.6 Å². The molecule has 0 spiro atoms. The third-order valence-electron chi connectivity index (χ3n) is 2.28. The van der Waals surface area contributed by atoms with Crippen LogP contribution in [0.2, 0.25) is 0 Å². The fourth-order valence-electron chi connectivity index (χ4n) is 1.52. The summed E-state index contributed by atoms with van der Waals surface area (Å²) in [5.74, 6) is 0.0223. The summed E-state index contributed by atoms with van der Waals surface area (Å²) in [4.78, 5) is 13.9. The number of amides is 1. The molecular weight excluding hydrogens is 210 g/mol. The Morgan fingerprint density at radius 2 is 2.07 bits per heavy atom. The van der Waals surface area contributed by atoms with E-state index in [1.54, 1.807) is 0 Å². The molecule has 0 rings (SSSR count). The van der Waals surface area contributed by atoms with E-state index in [9.17, 15) is 4.79 Å². The Morgan fingerprint density at radius 3 is 2.40 bits per heavy atom. The van der Waals surface area contributed by atoms with Gasteiger partial charge in [0.15, 0.2) is 0 Å². The highest BCUT2D eigenvalue weighted by atomic mass is 32.1. The number of nitrogens with two attached hydrogens (primary N) is 1. The second-order valence-electron chi connectivity index (χ2n) is 3.34. The fourth-order valence-corrected chi connectivity index (χ4v) is 1.83. The van der Waals surface area contributed by atoms with Gasteiger partial charge in [0.2, 0.25) is 5.91 Å². The molecule has 0 saturated carbocycles. The van der Waals surface area contributed by atoms with E-state index in [2.05, 4.69) is 5.32 Å². The van der Waals surface area contributed by atoms with Crippen molar-refractivity contribution < 1.29 is 4.79 Å². The van der Waals surface area contributed by atoms with E-state index in [1.165, 1.54) is 0 Å². The smallest absolute Gasteiger partial charge is 0.234 e. The van der Waals surface area contributed by atoms with Crippen LogP contribution in [0.3, 0.4) is 0 Å². The molecule has 3 N–H and O–H groups in total. The highest BCUT2D eigenvalue weighted by Gasteiger charge is 2.19. The van der Waals surface area contributed by atoms with Crippen molar-refractivity contribution in [3.05, 3.63) is 0 Å². The lowest BCUT2D eigenvalue weighted by Gasteiger charge is -2.28. The van der Waals surface area contributed by atoms with E-state index in [0.29, 0.717) is 18.1 Å². The molecule has 0 aliphatic carbocycles. The first-order valence-corrected chi connectivity index (χ1v) is 5.77. The number of rotatable bonds is 7. The Kier molecular flexibility index (Phi) is 7.25. The van der Waals surface area contributed by atoms with Gasteiger partial charge in [-0.15, -0.1) is 0 Å². The van der Waals surface area contributed by atoms with Gasteiger partial charge in [-0.1, -0.05) is 26.1 Å². The Bertz CT molecular complexity index is 221. The van der Waals surface area contributed by atoms with Crippen LogP contribution in [0, 0.1) is 0 Å². The molecule has 0 bridgehead atoms. The quantitative estimate of drug-likeness (QED) is 0.627. The van der Waals surface area contributed by atoms with Crippen molar-refractivity contribution >= 4 is 23.1 Å². The lowest BCUT2D eigenvalue weighted by molar-refractivity contribution is -0.122. The van der Waals surface area contributed by atoms with Gasteiger partial charge in [-0.25, -0.2) is 0 Å². The molecule has 1 atom stereocenters. The van der Waals surface area contributed by atoms with E-state index in [4.69, 9.17) is 18.0 Å². The minimum atomic E-state index is 0.0209. The summed E-state index contributed by atoms with van der Waals surface area (Å²) in [5, 5.41) is 2.76. The predicted molar refractivity (Wildman–Crippen MR) is 66.8 cm³/mol. The molecule has 0 aromatic carbocycles. The standard InChI is InChI=1S/C10H21N3OS/c1-4-8(10(11)15)13(6-3)7-9(14)12-5-2/h8H,4-7H2,1-3H3,(H2,11,15)(H,12,14). The third kappa shape index (κ3) is 5.09. The molecule has 0 aromatic heterocycles. The zero-order valence-electron chi connectivity index (χ0n) is 9.75. The molecule has 1 amide bonds. The first kappa shape index (κ1) is 14.3. The average molecular weight is 231 g/mol. The molecule has 0 aliphatic heterocycles. The Balaban J connectivity index is 4.33. The summed E-state index contributed by atoms with van der Waals surface area (Å²) >= 11 is 4.98. The summed E-state index contributed by atoms with van der Waals surface area (Å²) < 4.78 is 0. The van der Waals surface area contributed by atoms with Gasteiger partial charge in [0.1, 0.15) is 0 Å². The van der Waals surface area contributed by atoms with Crippen LogP contribution in [0.4, 0.5) is 0 Å². The van der Waals surface area contributed by atoms with Crippen LogP contribution in [0.15, 0.2) is 0 Å². The van der Waals surface area contributed by atoms with Crippen molar-refractivity contribution in [3.8, 4) is 0 Å². The van der Waals surface area contributed by atoms with Crippen LogP contribution in [0.1, 0.15) is 27.2 Å². The molecule has 88 valence electrons. The third-order valence-corrected chi connectivity index (χ3v) is 2.55. The number of hydrogen-bond donors (Lipinski definition) is 2. The van der Waals surface area contributed by atoms with E-state index in [1.807, 2.05) is 25.7 Å². The summed E-state index contributed by atoms with van der Waals surface area (Å²) in [7, 11) is 0. The number of carbonyl (C=O) groups is 1. The number of thiocarbonyl (C=S) groups is 1. The first-order valence-electron chi connectivity index (χ1n) is 5.36. The molecule has 0 fully saturated rings. The van der Waals surface area contributed by atoms with Crippen molar-refractivity contribution in [2.24, 2.45) is 5.73 Å². The number of hydrogen-bond acceptors (Lipinski definition) is 3. The largest absolute Gasteiger partial charge is 0.392 e. The normalized spacial score (nSPS) is 12.5. The zero-order valence-corrected chi connectivity index (χ0v) is 10.6. The molecule has 1 unspecified atom stereocenters. The molecule has 0 heterocycles. The lowest BCUT2D eigenvalue weighted by Crippen LogP contribution is -2.47. The molecule has 0 aliphatic rings. The monoisotopic (exact) mass is 231 g/mol. The summed E-state index contributed by atoms with van der Waals surface area (Å²) in [6.07, 6.45) is 0.836. The number of carbonyl (C=O) groups excluding carboxylic acids is 1. The maximum absolute atomic E-state index is 11.4.